The van der Waals surface area contributed by atoms with Gasteiger partial charge in [-0.25, -0.2) is 13.8 Å². The van der Waals surface area contributed by atoms with Gasteiger partial charge in [0.05, 0.1) is 0 Å². The molecule has 0 unspecified atom stereocenters. The van der Waals surface area contributed by atoms with Crippen LogP contribution < -0.4 is 5.32 Å². The number of benzene rings is 1. The fraction of sp³-hybridized carbons (Fsp3) is 0.200. The summed E-state index contributed by atoms with van der Waals surface area (Å²) < 4.78 is 30.1. The lowest BCUT2D eigenvalue weighted by Crippen LogP contribution is -2.02. The highest BCUT2D eigenvalue weighted by Gasteiger charge is 2.05. The number of nitrogens with one attached hydrogen (secondary N) is 1. The highest BCUT2D eigenvalue weighted by atomic mass is 32.1. The van der Waals surface area contributed by atoms with Gasteiger partial charge in [-0.15, -0.1) is 0 Å². The fourth-order valence-electron chi connectivity index (χ4n) is 1.22. The summed E-state index contributed by atoms with van der Waals surface area (Å²) in [6.45, 7) is 1.96. The van der Waals surface area contributed by atoms with Crippen molar-refractivity contribution in [3.8, 4) is 0 Å². The third kappa shape index (κ3) is 2.52. The molecular formula is C10H9F2N3S. The van der Waals surface area contributed by atoms with Crippen LogP contribution in [-0.2, 0) is 6.54 Å². The van der Waals surface area contributed by atoms with Crippen LogP contribution in [-0.4, -0.2) is 9.36 Å². The van der Waals surface area contributed by atoms with E-state index in [1.165, 1.54) is 11.5 Å². The summed E-state index contributed by atoms with van der Waals surface area (Å²) in [5, 5.41) is 3.49. The van der Waals surface area contributed by atoms with Crippen molar-refractivity contribution in [2.45, 2.75) is 13.5 Å². The Bertz CT molecular complexity index is 499. The normalized spacial score (nSPS) is 10.4. The summed E-state index contributed by atoms with van der Waals surface area (Å²) in [6, 6.07) is 3.36. The predicted octanol–water partition coefficient (Wildman–Crippen LogP) is 2.74. The minimum absolute atomic E-state index is 0.193. The maximum atomic E-state index is 13.2. The van der Waals surface area contributed by atoms with Crippen LogP contribution in [0, 0.1) is 18.6 Å². The van der Waals surface area contributed by atoms with Crippen LogP contribution in [0.3, 0.4) is 0 Å². The van der Waals surface area contributed by atoms with Gasteiger partial charge in [0.25, 0.3) is 0 Å². The molecule has 0 aliphatic heterocycles. The number of anilines is 1. The molecule has 0 aliphatic carbocycles. The maximum absolute atomic E-state index is 13.2. The molecule has 1 aromatic heterocycles. The van der Waals surface area contributed by atoms with Crippen LogP contribution in [0.5, 0.6) is 0 Å². The lowest BCUT2D eigenvalue weighted by molar-refractivity contribution is 0.587. The average Bonchev–Trinajstić information content (AvgIpc) is 2.66. The molecule has 6 heteroatoms. The van der Waals surface area contributed by atoms with Crippen molar-refractivity contribution in [2.75, 3.05) is 5.32 Å². The van der Waals surface area contributed by atoms with Gasteiger partial charge in [-0.05, 0) is 25.1 Å². The van der Waals surface area contributed by atoms with Gasteiger partial charge >= 0.3 is 0 Å². The zero-order valence-electron chi connectivity index (χ0n) is 8.50. The Hall–Kier alpha value is -1.56. The standard InChI is InChI=1S/C10H9F2N3S/c1-6-14-10(16-15-6)13-5-7-4-8(11)2-3-9(7)12/h2-4H,5H2,1H3,(H,13,14,15). The number of hydrogen-bond donors (Lipinski definition) is 1. The number of halogens is 2. The van der Waals surface area contributed by atoms with Gasteiger partial charge in [0, 0.05) is 23.6 Å². The Morgan fingerprint density at radius 3 is 2.88 bits per heavy atom. The van der Waals surface area contributed by atoms with Crippen LogP contribution in [0.1, 0.15) is 11.4 Å². The quantitative estimate of drug-likeness (QED) is 0.897. The minimum Gasteiger partial charge on any atom is -0.356 e. The van der Waals surface area contributed by atoms with Crippen molar-refractivity contribution in [1.82, 2.24) is 9.36 Å². The first-order valence-electron chi connectivity index (χ1n) is 4.63. The van der Waals surface area contributed by atoms with Crippen LogP contribution in [0.15, 0.2) is 18.2 Å². The van der Waals surface area contributed by atoms with Gasteiger partial charge in [0.15, 0.2) is 0 Å². The molecule has 0 atom stereocenters. The molecule has 1 aromatic carbocycles. The zero-order chi connectivity index (χ0) is 11.5. The highest BCUT2D eigenvalue weighted by Crippen LogP contribution is 2.14. The summed E-state index contributed by atoms with van der Waals surface area (Å²) in [5.74, 6) is -0.228. The van der Waals surface area contributed by atoms with Gasteiger partial charge in [-0.2, -0.15) is 4.37 Å². The Kier molecular flexibility index (Phi) is 3.09. The Morgan fingerprint density at radius 2 is 2.19 bits per heavy atom. The molecule has 0 fully saturated rings. The summed E-state index contributed by atoms with van der Waals surface area (Å²) in [5.41, 5.74) is 0.271. The van der Waals surface area contributed by atoms with E-state index in [9.17, 15) is 8.78 Å². The summed E-state index contributed by atoms with van der Waals surface area (Å²) in [4.78, 5) is 4.06. The molecular weight excluding hydrogens is 232 g/mol. The second-order valence-electron chi connectivity index (χ2n) is 3.24. The minimum atomic E-state index is -0.452. The maximum Gasteiger partial charge on any atom is 0.202 e. The van der Waals surface area contributed by atoms with Gasteiger partial charge in [-0.3, -0.25) is 0 Å². The van der Waals surface area contributed by atoms with E-state index < -0.39 is 11.6 Å². The van der Waals surface area contributed by atoms with Gasteiger partial charge in [0.2, 0.25) is 5.13 Å². The van der Waals surface area contributed by atoms with Gasteiger partial charge in [0.1, 0.15) is 17.5 Å². The molecule has 0 radical (unpaired) electrons. The van der Waals surface area contributed by atoms with Crippen LogP contribution in [0.25, 0.3) is 0 Å². The molecule has 0 amide bonds. The fourth-order valence-corrected chi connectivity index (χ4v) is 1.79. The van der Waals surface area contributed by atoms with Crippen molar-refractivity contribution in [1.29, 1.82) is 0 Å². The van der Waals surface area contributed by atoms with Gasteiger partial charge < -0.3 is 5.32 Å². The lowest BCUT2D eigenvalue weighted by Gasteiger charge is -2.03. The molecule has 16 heavy (non-hydrogen) atoms. The van der Waals surface area contributed by atoms with E-state index in [2.05, 4.69) is 14.7 Å². The van der Waals surface area contributed by atoms with Crippen LogP contribution in [0.4, 0.5) is 13.9 Å². The molecule has 0 saturated heterocycles. The van der Waals surface area contributed by atoms with E-state index in [0.29, 0.717) is 11.0 Å². The summed E-state index contributed by atoms with van der Waals surface area (Å²) in [6.07, 6.45) is 0. The largest absolute Gasteiger partial charge is 0.356 e. The third-order valence-corrected chi connectivity index (χ3v) is 2.73. The average molecular weight is 241 g/mol. The molecule has 2 aromatic rings. The molecule has 0 bridgehead atoms. The first-order valence-corrected chi connectivity index (χ1v) is 5.40. The Labute approximate surface area is 95.3 Å². The van der Waals surface area contributed by atoms with E-state index in [0.717, 1.165) is 18.2 Å². The third-order valence-electron chi connectivity index (χ3n) is 1.97. The smallest absolute Gasteiger partial charge is 0.202 e. The molecule has 0 saturated carbocycles. The van der Waals surface area contributed by atoms with Crippen molar-refractivity contribution in [2.24, 2.45) is 0 Å². The lowest BCUT2D eigenvalue weighted by atomic mass is 10.2. The van der Waals surface area contributed by atoms with Crippen molar-refractivity contribution >= 4 is 16.7 Å². The predicted molar refractivity (Wildman–Crippen MR) is 58.3 cm³/mol. The first kappa shape index (κ1) is 10.9. The topological polar surface area (TPSA) is 37.8 Å². The molecule has 0 spiro atoms. The molecule has 1 heterocycles. The monoisotopic (exact) mass is 241 g/mol. The number of aromatic nitrogens is 2. The van der Waals surface area contributed by atoms with Gasteiger partial charge in [-0.1, -0.05) is 0 Å². The Balaban J connectivity index is 2.07. The Morgan fingerprint density at radius 1 is 1.38 bits per heavy atom. The van der Waals surface area contributed by atoms with Crippen LogP contribution in [0.2, 0.25) is 0 Å². The van der Waals surface area contributed by atoms with E-state index in [-0.39, 0.29) is 12.1 Å². The molecule has 0 aliphatic rings. The van der Waals surface area contributed by atoms with Crippen molar-refractivity contribution < 1.29 is 8.78 Å². The molecule has 84 valence electrons. The number of rotatable bonds is 3. The van der Waals surface area contributed by atoms with E-state index in [1.54, 1.807) is 6.92 Å². The van der Waals surface area contributed by atoms with Crippen molar-refractivity contribution in [3.63, 3.8) is 0 Å². The van der Waals surface area contributed by atoms with E-state index in [1.807, 2.05) is 0 Å². The SMILES string of the molecule is Cc1nsc(NCc2cc(F)ccc2F)n1. The molecule has 1 N–H and O–H groups in total. The van der Waals surface area contributed by atoms with E-state index in [4.69, 9.17) is 0 Å². The highest BCUT2D eigenvalue weighted by molar-refractivity contribution is 7.09. The first-order chi connectivity index (χ1) is 7.65. The summed E-state index contributed by atoms with van der Waals surface area (Å²) >= 11 is 1.19. The second kappa shape index (κ2) is 4.52. The second-order valence-corrected chi connectivity index (χ2v) is 3.99. The number of hydrogen-bond acceptors (Lipinski definition) is 4. The number of aryl methyl sites for hydroxylation is 1. The molecule has 2 rings (SSSR count). The number of nitrogens with zero attached hydrogens (tertiary/aromatic N) is 2. The summed E-state index contributed by atoms with van der Waals surface area (Å²) in [7, 11) is 0. The zero-order valence-corrected chi connectivity index (χ0v) is 9.31. The molecule has 3 nitrogen and oxygen atoms in total. The van der Waals surface area contributed by atoms with Crippen LogP contribution >= 0.6 is 11.5 Å². The van der Waals surface area contributed by atoms with Crippen molar-refractivity contribution in [3.05, 3.63) is 41.2 Å². The van der Waals surface area contributed by atoms with E-state index >= 15 is 0 Å².